The van der Waals surface area contributed by atoms with E-state index in [4.69, 9.17) is 11.6 Å². The lowest BCUT2D eigenvalue weighted by molar-refractivity contribution is 0.0747. The predicted octanol–water partition coefficient (Wildman–Crippen LogP) is 4.17. The number of benzene rings is 2. The Morgan fingerprint density at radius 1 is 1.08 bits per heavy atom. The van der Waals surface area contributed by atoms with Gasteiger partial charge in [0.1, 0.15) is 0 Å². The predicted molar refractivity (Wildman–Crippen MR) is 103 cm³/mol. The summed E-state index contributed by atoms with van der Waals surface area (Å²) in [6.07, 6.45) is 2.08. The number of amides is 1. The summed E-state index contributed by atoms with van der Waals surface area (Å²) in [6, 6.07) is 15.9. The van der Waals surface area contributed by atoms with Crippen molar-refractivity contribution in [2.24, 2.45) is 0 Å². The van der Waals surface area contributed by atoms with E-state index in [9.17, 15) is 4.79 Å². The Kier molecular flexibility index (Phi) is 5.69. The smallest absolute Gasteiger partial charge is 0.253 e. The molecule has 0 aliphatic carbocycles. The van der Waals surface area contributed by atoms with E-state index in [0.29, 0.717) is 0 Å². The van der Waals surface area contributed by atoms with Gasteiger partial charge in [-0.1, -0.05) is 29.8 Å². The van der Waals surface area contributed by atoms with Crippen molar-refractivity contribution < 1.29 is 4.79 Å². The average molecular weight is 361 g/mol. The third kappa shape index (κ3) is 4.05. The van der Waals surface area contributed by atoms with Crippen molar-refractivity contribution >= 4 is 35.0 Å². The van der Waals surface area contributed by atoms with Crippen LogP contribution in [0.1, 0.15) is 15.9 Å². The number of hydrogen-bond acceptors (Lipinski definition) is 3. The molecule has 5 heteroatoms. The monoisotopic (exact) mass is 360 g/mol. The van der Waals surface area contributed by atoms with Crippen LogP contribution in [0.4, 0.5) is 5.69 Å². The van der Waals surface area contributed by atoms with E-state index < -0.39 is 0 Å². The van der Waals surface area contributed by atoms with Gasteiger partial charge < -0.3 is 9.80 Å². The maximum Gasteiger partial charge on any atom is 0.253 e. The summed E-state index contributed by atoms with van der Waals surface area (Å²) in [5.74, 6) is 1.10. The van der Waals surface area contributed by atoms with Crippen LogP contribution in [0.3, 0.4) is 0 Å². The van der Waals surface area contributed by atoms with E-state index in [-0.39, 0.29) is 5.91 Å². The van der Waals surface area contributed by atoms with Crippen molar-refractivity contribution in [1.29, 1.82) is 0 Å². The largest absolute Gasteiger partial charge is 0.368 e. The summed E-state index contributed by atoms with van der Waals surface area (Å²) in [6.45, 7) is 3.13. The fraction of sp³-hybridized carbons (Fsp3) is 0.316. The minimum atomic E-state index is 0.122. The lowest BCUT2D eigenvalue weighted by atomic mass is 10.1. The van der Waals surface area contributed by atoms with Crippen molar-refractivity contribution in [1.82, 2.24) is 4.90 Å². The lowest BCUT2D eigenvalue weighted by Gasteiger charge is -2.36. The number of piperazine rings is 1. The van der Waals surface area contributed by atoms with Gasteiger partial charge in [0.05, 0.1) is 0 Å². The summed E-state index contributed by atoms with van der Waals surface area (Å²) >= 11 is 7.85. The number of anilines is 1. The molecule has 1 fully saturated rings. The summed E-state index contributed by atoms with van der Waals surface area (Å²) < 4.78 is 0. The molecular weight excluding hydrogens is 340 g/mol. The molecule has 24 heavy (non-hydrogen) atoms. The van der Waals surface area contributed by atoms with Crippen LogP contribution in [0.5, 0.6) is 0 Å². The minimum absolute atomic E-state index is 0.122. The van der Waals surface area contributed by atoms with Crippen molar-refractivity contribution in [3.05, 3.63) is 64.7 Å². The Morgan fingerprint density at radius 2 is 1.79 bits per heavy atom. The highest BCUT2D eigenvalue weighted by molar-refractivity contribution is 7.97. The number of halogens is 1. The first-order valence-electron chi connectivity index (χ1n) is 8.05. The molecule has 2 aromatic rings. The van der Waals surface area contributed by atoms with Crippen molar-refractivity contribution in [3.63, 3.8) is 0 Å². The highest BCUT2D eigenvalue weighted by Gasteiger charge is 2.22. The Bertz CT molecular complexity index is 697. The number of carbonyl (C=O) groups is 1. The van der Waals surface area contributed by atoms with Gasteiger partial charge in [0.2, 0.25) is 0 Å². The summed E-state index contributed by atoms with van der Waals surface area (Å²) in [4.78, 5) is 16.9. The molecule has 1 heterocycles. The number of carbonyl (C=O) groups excluding carboxylic acids is 1. The van der Waals surface area contributed by atoms with Gasteiger partial charge in [0, 0.05) is 48.2 Å². The first-order chi connectivity index (χ1) is 11.7. The fourth-order valence-corrected chi connectivity index (χ4v) is 3.64. The second-order valence-electron chi connectivity index (χ2n) is 5.89. The van der Waals surface area contributed by atoms with Crippen LogP contribution in [0, 0.1) is 0 Å². The molecule has 0 radical (unpaired) electrons. The molecule has 0 N–H and O–H groups in total. The number of nitrogens with zero attached hydrogens (tertiary/aromatic N) is 2. The fourth-order valence-electron chi connectivity index (χ4n) is 2.93. The van der Waals surface area contributed by atoms with Crippen LogP contribution in [-0.2, 0) is 5.75 Å². The molecule has 1 aliphatic heterocycles. The summed E-state index contributed by atoms with van der Waals surface area (Å²) in [7, 11) is 0. The van der Waals surface area contributed by atoms with Gasteiger partial charge in [-0.2, -0.15) is 11.8 Å². The van der Waals surface area contributed by atoms with Gasteiger partial charge >= 0.3 is 0 Å². The van der Waals surface area contributed by atoms with Gasteiger partial charge in [-0.3, -0.25) is 4.79 Å². The van der Waals surface area contributed by atoms with E-state index in [0.717, 1.165) is 48.2 Å². The molecular formula is C19H21ClN2OS. The zero-order valence-electron chi connectivity index (χ0n) is 13.7. The lowest BCUT2D eigenvalue weighted by Crippen LogP contribution is -2.48. The second kappa shape index (κ2) is 7.95. The molecule has 1 aliphatic rings. The third-order valence-corrected chi connectivity index (χ3v) is 5.11. The number of hydrogen-bond donors (Lipinski definition) is 0. The van der Waals surface area contributed by atoms with Gasteiger partial charge in [-0.05, 0) is 42.2 Å². The van der Waals surface area contributed by atoms with Gasteiger partial charge in [0.25, 0.3) is 5.91 Å². The molecule has 0 saturated carbocycles. The van der Waals surface area contributed by atoms with Crippen LogP contribution in [0.2, 0.25) is 5.02 Å². The normalized spacial score (nSPS) is 14.8. The van der Waals surface area contributed by atoms with E-state index in [2.05, 4.69) is 17.2 Å². The molecule has 0 bridgehead atoms. The Labute approximate surface area is 152 Å². The van der Waals surface area contributed by atoms with Crippen LogP contribution in [-0.4, -0.2) is 43.2 Å². The zero-order chi connectivity index (χ0) is 16.9. The number of rotatable bonds is 4. The van der Waals surface area contributed by atoms with Crippen LogP contribution in [0.15, 0.2) is 48.5 Å². The molecule has 1 amide bonds. The van der Waals surface area contributed by atoms with Gasteiger partial charge in [-0.15, -0.1) is 0 Å². The highest BCUT2D eigenvalue weighted by atomic mass is 35.5. The van der Waals surface area contributed by atoms with Gasteiger partial charge in [0.15, 0.2) is 0 Å². The molecule has 0 spiro atoms. The van der Waals surface area contributed by atoms with E-state index in [1.165, 1.54) is 5.56 Å². The summed E-state index contributed by atoms with van der Waals surface area (Å²) in [5.41, 5.74) is 3.15. The van der Waals surface area contributed by atoms with Crippen LogP contribution >= 0.6 is 23.4 Å². The molecule has 2 aromatic carbocycles. The Morgan fingerprint density at radius 3 is 2.42 bits per heavy atom. The molecule has 1 saturated heterocycles. The Balaban J connectivity index is 1.60. The molecule has 3 rings (SSSR count). The van der Waals surface area contributed by atoms with Crippen LogP contribution < -0.4 is 4.90 Å². The van der Waals surface area contributed by atoms with E-state index in [1.54, 1.807) is 11.8 Å². The molecule has 0 aromatic heterocycles. The van der Waals surface area contributed by atoms with Crippen molar-refractivity contribution in [3.8, 4) is 0 Å². The molecule has 3 nitrogen and oxygen atoms in total. The van der Waals surface area contributed by atoms with Crippen molar-refractivity contribution in [2.45, 2.75) is 5.75 Å². The van der Waals surface area contributed by atoms with E-state index >= 15 is 0 Å². The standard InChI is InChI=1S/C19H21ClN2OS/c1-24-14-15-5-7-16(8-6-15)19(23)22-11-9-21(10-12-22)18-4-2-3-17(20)13-18/h2-8,13H,9-12,14H2,1H3. The van der Waals surface area contributed by atoms with Crippen molar-refractivity contribution in [2.75, 3.05) is 37.3 Å². The first-order valence-corrected chi connectivity index (χ1v) is 9.82. The average Bonchev–Trinajstić information content (AvgIpc) is 2.62. The molecule has 0 unspecified atom stereocenters. The number of thioether (sulfide) groups is 1. The maximum atomic E-state index is 12.6. The van der Waals surface area contributed by atoms with Gasteiger partial charge in [-0.25, -0.2) is 0 Å². The second-order valence-corrected chi connectivity index (χ2v) is 7.19. The van der Waals surface area contributed by atoms with Crippen LogP contribution in [0.25, 0.3) is 0 Å². The highest BCUT2D eigenvalue weighted by Crippen LogP contribution is 2.21. The quantitative estimate of drug-likeness (QED) is 0.817. The third-order valence-electron chi connectivity index (χ3n) is 4.25. The zero-order valence-corrected chi connectivity index (χ0v) is 15.3. The first kappa shape index (κ1) is 17.2. The maximum absolute atomic E-state index is 12.6. The molecule has 0 atom stereocenters. The van der Waals surface area contributed by atoms with E-state index in [1.807, 2.05) is 47.4 Å². The SMILES string of the molecule is CSCc1ccc(C(=O)N2CCN(c3cccc(Cl)c3)CC2)cc1. The summed E-state index contributed by atoms with van der Waals surface area (Å²) in [5, 5.41) is 0.747. The Hall–Kier alpha value is -1.65. The molecule has 126 valence electrons. The minimum Gasteiger partial charge on any atom is -0.368 e. The topological polar surface area (TPSA) is 23.6 Å².